The average Bonchev–Trinajstić information content (AvgIpc) is 2.48. The molecule has 8 nitrogen and oxygen atoms in total. The number of nitro benzene ring substituents is 1. The highest BCUT2D eigenvalue weighted by atomic mass is 32.2. The zero-order valence-corrected chi connectivity index (χ0v) is 13.5. The molecule has 24 heavy (non-hydrogen) atoms. The van der Waals surface area contributed by atoms with Crippen LogP contribution in [0.3, 0.4) is 0 Å². The number of carbonyl (C=O) groups excluding carboxylic acids is 1. The molecule has 0 atom stereocenters. The maximum absolute atomic E-state index is 12.1. The van der Waals surface area contributed by atoms with E-state index in [1.54, 1.807) is 18.2 Å². The Morgan fingerprint density at radius 1 is 1.08 bits per heavy atom. The summed E-state index contributed by atoms with van der Waals surface area (Å²) >= 11 is 0. The molecule has 0 unspecified atom stereocenters. The number of nitro groups is 1. The third-order valence-corrected chi connectivity index (χ3v) is 3.60. The summed E-state index contributed by atoms with van der Waals surface area (Å²) < 4.78 is 25.0. The number of amides is 1. The summed E-state index contributed by atoms with van der Waals surface area (Å²) in [5.41, 5.74) is 1.14. The van der Waals surface area contributed by atoms with Gasteiger partial charge in [0.15, 0.2) is 0 Å². The van der Waals surface area contributed by atoms with E-state index in [2.05, 4.69) is 10.0 Å². The molecule has 0 saturated heterocycles. The highest BCUT2D eigenvalue weighted by molar-refractivity contribution is 7.92. The summed E-state index contributed by atoms with van der Waals surface area (Å²) in [6, 6.07) is 12.0. The maximum atomic E-state index is 12.1. The van der Waals surface area contributed by atoms with Gasteiger partial charge in [-0.15, -0.1) is 0 Å². The molecule has 0 radical (unpaired) electrons. The number of non-ortho nitro benzene ring substituents is 1. The van der Waals surface area contributed by atoms with Crippen LogP contribution in [0.5, 0.6) is 0 Å². The van der Waals surface area contributed by atoms with Gasteiger partial charge in [-0.2, -0.15) is 0 Å². The highest BCUT2D eigenvalue weighted by Gasteiger charge is 2.11. The number of nitrogens with one attached hydrogen (secondary N) is 2. The van der Waals surface area contributed by atoms with E-state index in [9.17, 15) is 23.3 Å². The predicted octanol–water partition coefficient (Wildman–Crippen LogP) is 2.15. The molecule has 1 amide bonds. The van der Waals surface area contributed by atoms with Gasteiger partial charge in [0.05, 0.1) is 29.0 Å². The molecule has 2 rings (SSSR count). The second-order valence-electron chi connectivity index (χ2n) is 5.07. The van der Waals surface area contributed by atoms with Crippen LogP contribution in [0.4, 0.5) is 17.1 Å². The standard InChI is InChI=1S/C15H15N3O5S/c1-24(22,23)17-14-5-3-2-4-13(14)16-15(19)10-11-6-8-12(9-7-11)18(20)21/h2-9,17H,10H2,1H3,(H,16,19). The van der Waals surface area contributed by atoms with Crippen molar-refractivity contribution in [1.29, 1.82) is 0 Å². The zero-order chi connectivity index (χ0) is 17.7. The van der Waals surface area contributed by atoms with Gasteiger partial charge >= 0.3 is 0 Å². The first-order chi connectivity index (χ1) is 11.2. The molecule has 0 spiro atoms. The van der Waals surface area contributed by atoms with E-state index in [1.807, 2.05) is 0 Å². The average molecular weight is 349 g/mol. The molecular weight excluding hydrogens is 334 g/mol. The van der Waals surface area contributed by atoms with Gasteiger partial charge < -0.3 is 5.32 Å². The smallest absolute Gasteiger partial charge is 0.269 e. The Kier molecular flexibility index (Phi) is 5.14. The highest BCUT2D eigenvalue weighted by Crippen LogP contribution is 2.22. The Balaban J connectivity index is 2.08. The molecule has 0 aliphatic carbocycles. The normalized spacial score (nSPS) is 10.9. The summed E-state index contributed by atoms with van der Waals surface area (Å²) in [5.74, 6) is -0.369. The minimum atomic E-state index is -3.47. The number of rotatable bonds is 6. The molecular formula is C15H15N3O5S. The van der Waals surface area contributed by atoms with E-state index >= 15 is 0 Å². The molecule has 2 aromatic carbocycles. The van der Waals surface area contributed by atoms with E-state index < -0.39 is 14.9 Å². The Morgan fingerprint density at radius 2 is 1.67 bits per heavy atom. The quantitative estimate of drug-likeness (QED) is 0.612. The van der Waals surface area contributed by atoms with Gasteiger partial charge in [-0.25, -0.2) is 8.42 Å². The van der Waals surface area contributed by atoms with Crippen molar-refractivity contribution in [3.8, 4) is 0 Å². The van der Waals surface area contributed by atoms with Crippen molar-refractivity contribution in [3.63, 3.8) is 0 Å². The van der Waals surface area contributed by atoms with Crippen LogP contribution in [0.25, 0.3) is 0 Å². The van der Waals surface area contributed by atoms with Gasteiger partial charge in [-0.05, 0) is 17.7 Å². The van der Waals surface area contributed by atoms with E-state index in [0.29, 0.717) is 11.3 Å². The summed E-state index contributed by atoms with van der Waals surface area (Å²) in [5, 5.41) is 13.2. The van der Waals surface area contributed by atoms with Crippen molar-refractivity contribution < 1.29 is 18.1 Å². The van der Waals surface area contributed by atoms with Crippen LogP contribution in [-0.2, 0) is 21.2 Å². The van der Waals surface area contributed by atoms with Gasteiger partial charge in [0.1, 0.15) is 0 Å². The molecule has 9 heteroatoms. The Labute approximate surface area is 138 Å². The first kappa shape index (κ1) is 17.4. The lowest BCUT2D eigenvalue weighted by atomic mass is 10.1. The van der Waals surface area contributed by atoms with Crippen molar-refractivity contribution in [1.82, 2.24) is 0 Å². The van der Waals surface area contributed by atoms with E-state index in [1.165, 1.54) is 30.3 Å². The van der Waals surface area contributed by atoms with Crippen LogP contribution in [0.2, 0.25) is 0 Å². The number of para-hydroxylation sites is 2. The second kappa shape index (κ2) is 7.09. The second-order valence-corrected chi connectivity index (χ2v) is 6.82. The van der Waals surface area contributed by atoms with E-state index in [4.69, 9.17) is 0 Å². The Hall–Kier alpha value is -2.94. The lowest BCUT2D eigenvalue weighted by Crippen LogP contribution is -2.17. The number of hydrogen-bond acceptors (Lipinski definition) is 5. The third-order valence-electron chi connectivity index (χ3n) is 3.01. The molecule has 2 N–H and O–H groups in total. The molecule has 2 aromatic rings. The minimum absolute atomic E-state index is 0.00516. The van der Waals surface area contributed by atoms with Gasteiger partial charge in [0.2, 0.25) is 15.9 Å². The molecule has 0 aliphatic heterocycles. The lowest BCUT2D eigenvalue weighted by Gasteiger charge is -2.11. The van der Waals surface area contributed by atoms with E-state index in [-0.39, 0.29) is 23.7 Å². The summed E-state index contributed by atoms with van der Waals surface area (Å²) in [4.78, 5) is 22.2. The van der Waals surface area contributed by atoms with Crippen LogP contribution in [0.1, 0.15) is 5.56 Å². The molecule has 0 saturated carbocycles. The largest absolute Gasteiger partial charge is 0.324 e. The van der Waals surface area contributed by atoms with Crippen LogP contribution in [-0.4, -0.2) is 25.5 Å². The van der Waals surface area contributed by atoms with Crippen molar-refractivity contribution >= 4 is 33.0 Å². The van der Waals surface area contributed by atoms with Crippen molar-refractivity contribution in [2.24, 2.45) is 0 Å². The number of anilines is 2. The summed E-state index contributed by atoms with van der Waals surface area (Å²) in [6.45, 7) is 0. The van der Waals surface area contributed by atoms with Crippen molar-refractivity contribution in [2.75, 3.05) is 16.3 Å². The van der Waals surface area contributed by atoms with Crippen LogP contribution >= 0.6 is 0 Å². The fourth-order valence-electron chi connectivity index (χ4n) is 2.00. The van der Waals surface area contributed by atoms with Gasteiger partial charge in [0, 0.05) is 12.1 Å². The fourth-order valence-corrected chi connectivity index (χ4v) is 2.57. The monoisotopic (exact) mass is 349 g/mol. The molecule has 0 aromatic heterocycles. The SMILES string of the molecule is CS(=O)(=O)Nc1ccccc1NC(=O)Cc1ccc([N+](=O)[O-])cc1. The number of nitrogens with zero attached hydrogens (tertiary/aromatic N) is 1. The van der Waals surface area contributed by atoms with Crippen molar-refractivity contribution in [3.05, 3.63) is 64.2 Å². The maximum Gasteiger partial charge on any atom is 0.269 e. The fraction of sp³-hybridized carbons (Fsp3) is 0.133. The van der Waals surface area contributed by atoms with E-state index in [0.717, 1.165) is 6.26 Å². The number of carbonyl (C=O) groups is 1. The van der Waals surface area contributed by atoms with Crippen molar-refractivity contribution in [2.45, 2.75) is 6.42 Å². The molecule has 0 heterocycles. The number of sulfonamides is 1. The van der Waals surface area contributed by atoms with Gasteiger partial charge in [-0.3, -0.25) is 19.6 Å². The van der Waals surface area contributed by atoms with Crippen LogP contribution in [0.15, 0.2) is 48.5 Å². The summed E-state index contributed by atoms with van der Waals surface area (Å²) in [7, 11) is -3.47. The molecule has 126 valence electrons. The topological polar surface area (TPSA) is 118 Å². The van der Waals surface area contributed by atoms with Crippen LogP contribution in [0, 0.1) is 10.1 Å². The number of hydrogen-bond donors (Lipinski definition) is 2. The number of benzene rings is 2. The predicted molar refractivity (Wildman–Crippen MR) is 90.3 cm³/mol. The molecule has 0 bridgehead atoms. The Morgan fingerprint density at radius 3 is 2.21 bits per heavy atom. The summed E-state index contributed by atoms with van der Waals surface area (Å²) in [6.07, 6.45) is 1.02. The van der Waals surface area contributed by atoms with Gasteiger partial charge in [-0.1, -0.05) is 24.3 Å². The first-order valence-electron chi connectivity index (χ1n) is 6.84. The third kappa shape index (κ3) is 5.06. The molecule has 0 aliphatic rings. The Bertz CT molecular complexity index is 863. The molecule has 0 fully saturated rings. The minimum Gasteiger partial charge on any atom is -0.324 e. The van der Waals surface area contributed by atoms with Crippen LogP contribution < -0.4 is 10.0 Å². The van der Waals surface area contributed by atoms with Gasteiger partial charge in [0.25, 0.3) is 5.69 Å². The lowest BCUT2D eigenvalue weighted by molar-refractivity contribution is -0.384. The first-order valence-corrected chi connectivity index (χ1v) is 8.74. The zero-order valence-electron chi connectivity index (χ0n) is 12.7.